The molecule has 64 heavy (non-hydrogen) atoms. The maximum atomic E-state index is 13.3. The summed E-state index contributed by atoms with van der Waals surface area (Å²) >= 11 is 0. The number of hydrogen-bond donors (Lipinski definition) is 4. The third-order valence-electron chi connectivity index (χ3n) is 12.9. The molecule has 0 spiro atoms. The summed E-state index contributed by atoms with van der Waals surface area (Å²) in [4.78, 5) is 79.8. The molecule has 19 heteroatoms. The van der Waals surface area contributed by atoms with Gasteiger partial charge < -0.3 is 40.5 Å². The number of carbonyl (C=O) groups excluding carboxylic acids is 5. The van der Waals surface area contributed by atoms with E-state index in [1.165, 1.54) is 12.4 Å². The first-order valence-electron chi connectivity index (χ1n) is 22.4. The fourth-order valence-electron chi connectivity index (χ4n) is 9.36. The molecule has 1 aromatic carbocycles. The van der Waals surface area contributed by atoms with Crippen LogP contribution in [0.5, 0.6) is 0 Å². The van der Waals surface area contributed by atoms with E-state index in [1.807, 2.05) is 6.07 Å². The van der Waals surface area contributed by atoms with Gasteiger partial charge in [-0.15, -0.1) is 0 Å². The maximum Gasteiger partial charge on any atom is 0.416 e. The van der Waals surface area contributed by atoms with Crippen LogP contribution in [0.4, 0.5) is 19.0 Å². The van der Waals surface area contributed by atoms with Crippen LogP contribution in [0.3, 0.4) is 0 Å². The molecule has 0 unspecified atom stereocenters. The van der Waals surface area contributed by atoms with Crippen LogP contribution >= 0.6 is 0 Å². The lowest BCUT2D eigenvalue weighted by atomic mass is 9.85. The second kappa shape index (κ2) is 21.5. The molecule has 346 valence electrons. The Morgan fingerprint density at radius 2 is 1.61 bits per heavy atom. The second-order valence-corrected chi connectivity index (χ2v) is 17.3. The smallest absolute Gasteiger partial charge is 0.378 e. The fourth-order valence-corrected chi connectivity index (χ4v) is 9.36. The second-order valence-electron chi connectivity index (χ2n) is 17.3. The van der Waals surface area contributed by atoms with Crippen molar-refractivity contribution < 1.29 is 46.6 Å². The number of likely N-dealkylation sites (tertiary alicyclic amines) is 2. The summed E-state index contributed by atoms with van der Waals surface area (Å²) < 4.78 is 52.1. The number of benzene rings is 1. The van der Waals surface area contributed by atoms with Crippen molar-refractivity contribution in [1.29, 1.82) is 0 Å². The van der Waals surface area contributed by atoms with Crippen molar-refractivity contribution in [2.45, 2.75) is 114 Å². The monoisotopic (exact) mass is 893 g/mol. The maximum absolute atomic E-state index is 13.3. The van der Waals surface area contributed by atoms with Gasteiger partial charge in [-0.25, -0.2) is 9.97 Å². The summed E-state index contributed by atoms with van der Waals surface area (Å²) in [6.07, 6.45) is 7.97. The van der Waals surface area contributed by atoms with E-state index in [0.717, 1.165) is 43.4 Å². The molecule has 4 aliphatic rings. The minimum atomic E-state index is -4.53. The molecule has 4 N–H and O–H groups in total. The number of carbonyl (C=O) groups is 5. The number of rotatable bonds is 18. The molecule has 16 nitrogen and oxygen atoms in total. The normalized spacial score (nSPS) is 25.1. The van der Waals surface area contributed by atoms with Crippen molar-refractivity contribution in [2.75, 3.05) is 51.8 Å². The molecule has 3 aromatic rings. The van der Waals surface area contributed by atoms with Gasteiger partial charge in [-0.2, -0.15) is 13.2 Å². The van der Waals surface area contributed by atoms with Gasteiger partial charge in [-0.3, -0.25) is 29.0 Å². The number of ether oxygens (including phenoxy) is 2. The van der Waals surface area contributed by atoms with Crippen LogP contribution in [0.15, 0.2) is 49.1 Å². The van der Waals surface area contributed by atoms with Crippen molar-refractivity contribution in [1.82, 2.24) is 40.7 Å². The summed E-state index contributed by atoms with van der Waals surface area (Å²) in [5.41, 5.74) is 0.342. The van der Waals surface area contributed by atoms with Crippen LogP contribution < -0.4 is 21.3 Å². The minimum absolute atomic E-state index is 0.0112. The lowest BCUT2D eigenvalue weighted by Crippen LogP contribution is -2.43. The van der Waals surface area contributed by atoms with Crippen LogP contribution in [-0.4, -0.2) is 125 Å². The van der Waals surface area contributed by atoms with Gasteiger partial charge in [0.15, 0.2) is 0 Å². The molecular weight excluding hydrogens is 836 g/mol. The first-order valence-corrected chi connectivity index (χ1v) is 22.4. The van der Waals surface area contributed by atoms with Gasteiger partial charge in [0.05, 0.1) is 41.9 Å². The van der Waals surface area contributed by atoms with E-state index in [9.17, 15) is 37.1 Å². The Labute approximate surface area is 370 Å². The number of alkyl halides is 3. The van der Waals surface area contributed by atoms with Gasteiger partial charge >= 0.3 is 6.18 Å². The molecule has 2 aliphatic carbocycles. The number of nitrogens with zero attached hydrogens (tertiary/aromatic N) is 5. The molecule has 7 rings (SSSR count). The van der Waals surface area contributed by atoms with Gasteiger partial charge in [0.1, 0.15) is 18.2 Å². The summed E-state index contributed by atoms with van der Waals surface area (Å²) in [5.74, 6) is -1.05. The lowest BCUT2D eigenvalue weighted by molar-refractivity contribution is -0.137. The van der Waals surface area contributed by atoms with Gasteiger partial charge in [-0.05, 0) is 94.0 Å². The van der Waals surface area contributed by atoms with Gasteiger partial charge in [0.2, 0.25) is 29.5 Å². The molecule has 4 fully saturated rings. The summed E-state index contributed by atoms with van der Waals surface area (Å²) in [6.45, 7) is 2.26. The van der Waals surface area contributed by atoms with Crippen LogP contribution in [0, 0.1) is 11.8 Å². The van der Waals surface area contributed by atoms with Crippen molar-refractivity contribution in [3.8, 4) is 0 Å². The van der Waals surface area contributed by atoms with Gasteiger partial charge in [0, 0.05) is 82.4 Å². The van der Waals surface area contributed by atoms with E-state index in [-0.39, 0.29) is 83.9 Å². The molecule has 0 bridgehead atoms. The Hall–Kier alpha value is -5.43. The standard InChI is InChI=1S/C45H58F3N9O7/c1-56-39(59)25-35(40(56)29-4-2-17-49-26-29)43(61)51-19-23-64-33-13-11-32(12-14-33)63-22-3-5-38(58)54-31-9-6-28(7-10-31)42(60)50-18-21-57-20-16-37(44(57)62)55-41-34-24-30(45(46,47)48)8-15-36(34)52-27-53-41/h2,4,8,15,17,24,26-28,31-33,35,37,40H,3,5-7,9-14,16,18-23,25H2,1H3,(H,50,60)(H,51,61)(H,54,58)(H,52,53,55)/t28-,31-,32-,33-,35-,37-,40+/m0/s1. The van der Waals surface area contributed by atoms with E-state index in [4.69, 9.17) is 9.47 Å². The van der Waals surface area contributed by atoms with Crippen LogP contribution in [-0.2, 0) is 39.6 Å². The Bertz CT molecular complexity index is 2100. The van der Waals surface area contributed by atoms with Crippen molar-refractivity contribution in [3.05, 3.63) is 60.2 Å². The highest BCUT2D eigenvalue weighted by Crippen LogP contribution is 2.37. The van der Waals surface area contributed by atoms with Crippen LogP contribution in [0.1, 0.15) is 94.2 Å². The Balaban J connectivity index is 0.704. The number of amides is 5. The zero-order valence-electron chi connectivity index (χ0n) is 36.1. The van der Waals surface area contributed by atoms with Gasteiger partial charge in [-0.1, -0.05) is 6.07 Å². The molecular formula is C45H58F3N9O7. The zero-order chi connectivity index (χ0) is 45.2. The molecule has 0 radical (unpaired) electrons. The first kappa shape index (κ1) is 46.6. The number of halogens is 3. The van der Waals surface area contributed by atoms with Crippen LogP contribution in [0.2, 0.25) is 0 Å². The topological polar surface area (TPSA) is 197 Å². The minimum Gasteiger partial charge on any atom is -0.378 e. The summed E-state index contributed by atoms with van der Waals surface area (Å²) in [7, 11) is 1.72. The number of hydrogen-bond acceptors (Lipinski definition) is 11. The van der Waals surface area contributed by atoms with E-state index in [1.54, 1.807) is 35.3 Å². The largest absolute Gasteiger partial charge is 0.416 e. The van der Waals surface area contributed by atoms with E-state index < -0.39 is 23.7 Å². The number of nitrogens with one attached hydrogen (secondary N) is 4. The van der Waals surface area contributed by atoms with Crippen molar-refractivity contribution in [3.63, 3.8) is 0 Å². The Morgan fingerprint density at radius 3 is 2.33 bits per heavy atom. The number of fused-ring (bicyclic) bond motifs is 1. The molecule has 4 heterocycles. The molecule has 2 saturated heterocycles. The third kappa shape index (κ3) is 12.0. The quantitative estimate of drug-likeness (QED) is 0.133. The predicted octanol–water partition coefficient (Wildman–Crippen LogP) is 4.31. The lowest BCUT2D eigenvalue weighted by Gasteiger charge is -2.29. The third-order valence-corrected chi connectivity index (χ3v) is 12.9. The zero-order valence-corrected chi connectivity index (χ0v) is 36.1. The van der Waals surface area contributed by atoms with Gasteiger partial charge in [0.25, 0.3) is 0 Å². The predicted molar refractivity (Wildman–Crippen MR) is 228 cm³/mol. The molecule has 2 saturated carbocycles. The fraction of sp³-hybridized carbons (Fsp3) is 0.600. The Kier molecular flexibility index (Phi) is 15.6. The number of aromatic nitrogens is 3. The number of pyridine rings is 1. The summed E-state index contributed by atoms with van der Waals surface area (Å²) in [6, 6.07) is 5.91. The molecule has 2 aliphatic heterocycles. The van der Waals surface area contributed by atoms with E-state index >= 15 is 0 Å². The molecule has 5 amide bonds. The van der Waals surface area contributed by atoms with E-state index in [0.29, 0.717) is 83.3 Å². The summed E-state index contributed by atoms with van der Waals surface area (Å²) in [5, 5.41) is 12.2. The highest BCUT2D eigenvalue weighted by atomic mass is 19.4. The van der Waals surface area contributed by atoms with Crippen LogP contribution in [0.25, 0.3) is 10.9 Å². The van der Waals surface area contributed by atoms with Crippen molar-refractivity contribution in [2.24, 2.45) is 11.8 Å². The Morgan fingerprint density at radius 1 is 0.875 bits per heavy atom. The SMILES string of the molecule is CN1C(=O)C[C@H](C(=O)NCCO[C@H]2CC[C@H](OCCCC(=O)N[C@H]3CC[C@H](C(=O)NCCN4CC[C@H](Nc5ncnc6ccc(C(F)(F)F)cc56)C4=O)CC3)CC2)[C@H]1c1cccnc1. The number of anilines is 1. The highest BCUT2D eigenvalue weighted by molar-refractivity contribution is 5.93. The molecule has 3 atom stereocenters. The highest BCUT2D eigenvalue weighted by Gasteiger charge is 2.43. The first-order chi connectivity index (χ1) is 30.8. The average Bonchev–Trinajstić information content (AvgIpc) is 3.80. The average molecular weight is 894 g/mol. The van der Waals surface area contributed by atoms with Crippen molar-refractivity contribution >= 4 is 46.3 Å². The molecule has 2 aromatic heterocycles. The van der Waals surface area contributed by atoms with E-state index in [2.05, 4.69) is 36.2 Å².